The van der Waals surface area contributed by atoms with Gasteiger partial charge in [0.15, 0.2) is 0 Å². The van der Waals surface area contributed by atoms with Crippen molar-refractivity contribution >= 4 is 12.3 Å². The van der Waals surface area contributed by atoms with E-state index in [4.69, 9.17) is 0 Å². The molecule has 4 aliphatic rings. The van der Waals surface area contributed by atoms with Crippen LogP contribution >= 0.6 is 0 Å². The number of fused-ring (bicyclic) bond motifs is 4. The molecule has 0 amide bonds. The van der Waals surface area contributed by atoms with E-state index in [1.54, 1.807) is 0 Å². The van der Waals surface area contributed by atoms with Crippen LogP contribution in [0.4, 0.5) is 0 Å². The van der Waals surface area contributed by atoms with Crippen molar-refractivity contribution in [2.75, 3.05) is 0 Å². The van der Waals surface area contributed by atoms with Crippen molar-refractivity contribution in [1.29, 1.82) is 0 Å². The number of aliphatic hydroxyl groups excluding tert-OH is 3. The first-order valence-electron chi connectivity index (χ1n) is 13.6. The van der Waals surface area contributed by atoms with Gasteiger partial charge in [0.25, 0.3) is 0 Å². The van der Waals surface area contributed by atoms with Crippen molar-refractivity contribution in [3.63, 3.8) is 0 Å². The minimum Gasteiger partial charge on any atom is -0.481 e. The molecule has 2 fully saturated rings. The fourth-order valence-corrected chi connectivity index (χ4v) is 8.59. The number of allylic oxidation sites excluding steroid dienone is 5. The van der Waals surface area contributed by atoms with E-state index in [-0.39, 0.29) is 18.3 Å². The van der Waals surface area contributed by atoms with Crippen LogP contribution < -0.4 is 0 Å². The zero-order valence-electron chi connectivity index (χ0n) is 22.4. The minimum absolute atomic E-state index is 0.0929. The summed E-state index contributed by atoms with van der Waals surface area (Å²) in [5.74, 6) is -2.17. The molecule has 0 aromatic heterocycles. The third kappa shape index (κ3) is 4.04. The summed E-state index contributed by atoms with van der Waals surface area (Å²) in [6.07, 6.45) is 8.68. The number of carboxylic acid groups (broad SMARTS) is 1. The normalized spacial score (nSPS) is 42.0. The van der Waals surface area contributed by atoms with Gasteiger partial charge in [-0.1, -0.05) is 50.1 Å². The van der Waals surface area contributed by atoms with Crippen molar-refractivity contribution in [1.82, 2.24) is 0 Å². The van der Waals surface area contributed by atoms with E-state index in [0.717, 1.165) is 35.8 Å². The second kappa shape index (κ2) is 9.52. The quantitative estimate of drug-likeness (QED) is 0.317. The van der Waals surface area contributed by atoms with Crippen LogP contribution in [-0.4, -0.2) is 51.0 Å². The average Bonchev–Trinajstić information content (AvgIpc) is 2.90. The molecular weight excluding hydrogens is 456 g/mol. The molecule has 9 unspecified atom stereocenters. The number of hydrogen-bond acceptors (Lipinski definition) is 5. The van der Waals surface area contributed by atoms with Gasteiger partial charge in [-0.2, -0.15) is 0 Å². The maximum Gasteiger partial charge on any atom is 0.306 e. The molecule has 4 N–H and O–H groups in total. The van der Waals surface area contributed by atoms with Gasteiger partial charge >= 0.3 is 5.97 Å². The van der Waals surface area contributed by atoms with Gasteiger partial charge in [0.05, 0.1) is 24.2 Å². The smallest absolute Gasteiger partial charge is 0.306 e. The Morgan fingerprint density at radius 2 is 1.78 bits per heavy atom. The summed E-state index contributed by atoms with van der Waals surface area (Å²) >= 11 is 0. The highest BCUT2D eigenvalue weighted by atomic mass is 16.4. The van der Waals surface area contributed by atoms with Gasteiger partial charge in [-0.25, -0.2) is 0 Å². The van der Waals surface area contributed by atoms with Crippen LogP contribution in [0.1, 0.15) is 79.6 Å². The van der Waals surface area contributed by atoms with E-state index in [0.29, 0.717) is 25.7 Å². The second-order valence-corrected chi connectivity index (χ2v) is 13.0. The molecule has 0 aromatic rings. The fraction of sp³-hybridized carbons (Fsp3) is 0.733. The molecule has 0 aromatic carbocycles. The van der Waals surface area contributed by atoms with Gasteiger partial charge in [-0.05, 0) is 87.0 Å². The molecule has 4 aliphatic carbocycles. The summed E-state index contributed by atoms with van der Waals surface area (Å²) in [5.41, 5.74) is 1.32. The van der Waals surface area contributed by atoms with E-state index in [9.17, 15) is 30.0 Å². The molecule has 9 atom stereocenters. The number of rotatable bonds is 6. The van der Waals surface area contributed by atoms with E-state index >= 15 is 0 Å². The highest BCUT2D eigenvalue weighted by molar-refractivity contribution is 5.72. The summed E-state index contributed by atoms with van der Waals surface area (Å²) in [4.78, 5) is 25.5. The minimum atomic E-state index is -0.905. The van der Waals surface area contributed by atoms with E-state index < -0.39 is 52.4 Å². The lowest BCUT2D eigenvalue weighted by molar-refractivity contribution is -0.150. The molecule has 0 bridgehead atoms. The number of aliphatic carboxylic acids is 1. The Morgan fingerprint density at radius 3 is 2.39 bits per heavy atom. The first kappa shape index (κ1) is 27.3. The van der Waals surface area contributed by atoms with Gasteiger partial charge in [0.1, 0.15) is 6.29 Å². The van der Waals surface area contributed by atoms with Crippen LogP contribution in [0.5, 0.6) is 0 Å². The van der Waals surface area contributed by atoms with Crippen molar-refractivity contribution in [3.8, 4) is 0 Å². The molecule has 4 rings (SSSR count). The maximum atomic E-state index is 13.1. The van der Waals surface area contributed by atoms with Crippen molar-refractivity contribution in [2.24, 2.45) is 39.9 Å². The Hall–Kier alpha value is -1.76. The third-order valence-corrected chi connectivity index (χ3v) is 10.6. The van der Waals surface area contributed by atoms with Crippen LogP contribution in [0.3, 0.4) is 0 Å². The molecule has 36 heavy (non-hydrogen) atoms. The number of aldehydes is 1. The molecule has 6 nitrogen and oxygen atoms in total. The SMILES string of the molecule is CC(C)=CCCC(C(=O)O)C1C(O)CC2(C=O)C3CCC4C(=CC3=CCC12C)CC(O)C(O)C4(C)C. The number of carbonyl (C=O) groups excluding carboxylic acids is 1. The number of carboxylic acids is 1. The van der Waals surface area contributed by atoms with Crippen molar-refractivity contribution in [2.45, 2.75) is 97.9 Å². The highest BCUT2D eigenvalue weighted by Gasteiger charge is 2.67. The molecule has 0 saturated heterocycles. The first-order chi connectivity index (χ1) is 16.8. The van der Waals surface area contributed by atoms with E-state index in [1.165, 1.54) is 0 Å². The first-order valence-corrected chi connectivity index (χ1v) is 13.6. The molecule has 0 radical (unpaired) electrons. The van der Waals surface area contributed by atoms with Gasteiger partial charge in [0.2, 0.25) is 0 Å². The monoisotopic (exact) mass is 500 g/mol. The van der Waals surface area contributed by atoms with Gasteiger partial charge in [-0.3, -0.25) is 4.79 Å². The molecule has 2 saturated carbocycles. The Bertz CT molecular complexity index is 987. The molecular formula is C30H44O6. The lowest BCUT2D eigenvalue weighted by Crippen LogP contribution is -2.51. The predicted molar refractivity (Wildman–Crippen MR) is 138 cm³/mol. The lowest BCUT2D eigenvalue weighted by atomic mass is 9.50. The maximum absolute atomic E-state index is 13.1. The van der Waals surface area contributed by atoms with Crippen LogP contribution in [-0.2, 0) is 9.59 Å². The lowest BCUT2D eigenvalue weighted by Gasteiger charge is -2.51. The highest BCUT2D eigenvalue weighted by Crippen LogP contribution is 2.68. The Balaban J connectivity index is 1.73. The van der Waals surface area contributed by atoms with Crippen molar-refractivity contribution in [3.05, 3.63) is 34.9 Å². The van der Waals surface area contributed by atoms with Gasteiger partial charge in [0, 0.05) is 11.3 Å². The zero-order valence-corrected chi connectivity index (χ0v) is 22.4. The second-order valence-electron chi connectivity index (χ2n) is 13.0. The summed E-state index contributed by atoms with van der Waals surface area (Å²) in [6.45, 7) is 10.0. The number of aliphatic hydroxyl groups is 3. The molecule has 6 heteroatoms. The van der Waals surface area contributed by atoms with Crippen LogP contribution in [0.25, 0.3) is 0 Å². The fourth-order valence-electron chi connectivity index (χ4n) is 8.59. The summed E-state index contributed by atoms with van der Waals surface area (Å²) in [5, 5.41) is 42.9. The zero-order chi connectivity index (χ0) is 26.6. The summed E-state index contributed by atoms with van der Waals surface area (Å²) in [6, 6.07) is 0. The molecule has 0 heterocycles. The summed E-state index contributed by atoms with van der Waals surface area (Å²) in [7, 11) is 0. The Morgan fingerprint density at radius 1 is 1.11 bits per heavy atom. The Labute approximate surface area is 215 Å². The standard InChI is InChI=1S/C30H44O6/c1-17(2)7-6-8-20(27(35)36)25-24(33)15-30(16-31)22-10-9-21-19(13-18(22)11-12-29(25,30)5)14-23(32)26(34)28(21,3)4/h7,11,13,16,20-26,32-34H,6,8-10,12,14-15H2,1-5H3,(H,35,36). The van der Waals surface area contributed by atoms with Crippen LogP contribution in [0.15, 0.2) is 34.9 Å². The number of carbonyl (C=O) groups is 2. The molecule has 0 aliphatic heterocycles. The predicted octanol–water partition coefficient (Wildman–Crippen LogP) is 4.44. The van der Waals surface area contributed by atoms with E-state index in [1.807, 2.05) is 40.7 Å². The average molecular weight is 501 g/mol. The van der Waals surface area contributed by atoms with Gasteiger partial charge < -0.3 is 25.2 Å². The van der Waals surface area contributed by atoms with Crippen molar-refractivity contribution < 1.29 is 30.0 Å². The topological polar surface area (TPSA) is 115 Å². The third-order valence-electron chi connectivity index (χ3n) is 10.6. The van der Waals surface area contributed by atoms with Crippen LogP contribution in [0, 0.1) is 39.9 Å². The summed E-state index contributed by atoms with van der Waals surface area (Å²) < 4.78 is 0. The number of hydrogen-bond donors (Lipinski definition) is 4. The Kier molecular flexibility index (Phi) is 7.21. The van der Waals surface area contributed by atoms with E-state index in [2.05, 4.69) is 12.2 Å². The van der Waals surface area contributed by atoms with Gasteiger partial charge in [-0.15, -0.1) is 0 Å². The molecule has 0 spiro atoms. The largest absolute Gasteiger partial charge is 0.481 e. The molecule has 200 valence electrons. The van der Waals surface area contributed by atoms with Crippen LogP contribution in [0.2, 0.25) is 0 Å².